The lowest BCUT2D eigenvalue weighted by atomic mass is 9.86. The maximum Gasteiger partial charge on any atom is 0.270 e. The Bertz CT molecular complexity index is 857. The summed E-state index contributed by atoms with van der Waals surface area (Å²) in [6, 6.07) is 8.70. The molecule has 0 spiro atoms. The minimum absolute atomic E-state index is 0.00247. The maximum atomic E-state index is 12.6. The lowest BCUT2D eigenvalue weighted by Crippen LogP contribution is -2.37. The minimum atomic E-state index is -0.305. The summed E-state index contributed by atoms with van der Waals surface area (Å²) < 4.78 is 1.57. The number of benzene rings is 1. The first-order valence-corrected chi connectivity index (χ1v) is 9.25. The van der Waals surface area contributed by atoms with Crippen LogP contribution in [-0.2, 0) is 17.4 Å². The second-order valence-electron chi connectivity index (χ2n) is 9.22. The van der Waals surface area contributed by atoms with Gasteiger partial charge in [-0.25, -0.2) is 4.68 Å². The van der Waals surface area contributed by atoms with Crippen molar-refractivity contribution < 1.29 is 0 Å². The van der Waals surface area contributed by atoms with Crippen LogP contribution in [0, 0.1) is 6.92 Å². The van der Waals surface area contributed by atoms with Gasteiger partial charge in [0.25, 0.3) is 5.56 Å². The second-order valence-corrected chi connectivity index (χ2v) is 9.22. The molecule has 0 aliphatic heterocycles. The summed E-state index contributed by atoms with van der Waals surface area (Å²) in [5, 5.41) is 4.39. The molecule has 0 aliphatic carbocycles. The summed E-state index contributed by atoms with van der Waals surface area (Å²) in [7, 11) is 0. The van der Waals surface area contributed by atoms with Crippen molar-refractivity contribution in [2.75, 3.05) is 0 Å². The van der Waals surface area contributed by atoms with Crippen molar-refractivity contribution in [1.82, 2.24) is 9.78 Å². The van der Waals surface area contributed by atoms with E-state index in [2.05, 4.69) is 63.1 Å². The third-order valence-electron chi connectivity index (χ3n) is 4.62. The van der Waals surface area contributed by atoms with Crippen molar-refractivity contribution in [3.8, 4) is 0 Å². The van der Waals surface area contributed by atoms with E-state index in [1.165, 1.54) is 16.7 Å². The summed E-state index contributed by atoms with van der Waals surface area (Å²) in [6.45, 7) is 16.6. The van der Waals surface area contributed by atoms with Gasteiger partial charge >= 0.3 is 0 Å². The molecular weight excluding hydrogens is 320 g/mol. The molecule has 2 rings (SSSR count). The van der Waals surface area contributed by atoms with Crippen molar-refractivity contribution in [3.63, 3.8) is 0 Å². The Morgan fingerprint density at radius 1 is 1.08 bits per heavy atom. The van der Waals surface area contributed by atoms with Gasteiger partial charge in [0, 0.05) is 5.56 Å². The molecule has 0 unspecified atom stereocenters. The molecule has 0 radical (unpaired) electrons. The van der Waals surface area contributed by atoms with Crippen LogP contribution in [-0.4, -0.2) is 9.78 Å². The largest absolute Gasteiger partial charge is 0.270 e. The van der Waals surface area contributed by atoms with Crippen molar-refractivity contribution in [3.05, 3.63) is 68.6 Å². The summed E-state index contributed by atoms with van der Waals surface area (Å²) in [5.41, 5.74) is 5.36. The molecule has 0 aliphatic rings. The SMILES string of the molecule is CC(=Cc1ccc(C(C)(C)C)cc1)Cc1cnn(C(C)(C)C)c(=O)c1C. The van der Waals surface area contributed by atoms with Crippen LogP contribution in [0.4, 0.5) is 0 Å². The molecular formula is C23H32N2O. The number of allylic oxidation sites excluding steroid dienone is 1. The van der Waals surface area contributed by atoms with Gasteiger partial charge in [0.2, 0.25) is 0 Å². The minimum Gasteiger partial charge on any atom is -0.267 e. The molecule has 1 aromatic carbocycles. The standard InChI is InChI=1S/C23H32N2O/c1-16(13-18-9-11-20(12-10-18)22(3,4)5)14-19-15-24-25(23(6,7)8)21(26)17(19)2/h9-13,15H,14H2,1-8H3. The van der Waals surface area contributed by atoms with E-state index in [0.717, 1.165) is 17.5 Å². The molecule has 26 heavy (non-hydrogen) atoms. The third-order valence-corrected chi connectivity index (χ3v) is 4.62. The number of aromatic nitrogens is 2. The van der Waals surface area contributed by atoms with Crippen LogP contribution in [0.25, 0.3) is 6.08 Å². The van der Waals surface area contributed by atoms with Crippen LogP contribution >= 0.6 is 0 Å². The Morgan fingerprint density at radius 3 is 2.15 bits per heavy atom. The Balaban J connectivity index is 2.25. The molecule has 0 fully saturated rings. The summed E-state index contributed by atoms with van der Waals surface area (Å²) in [5.74, 6) is 0. The number of nitrogens with zero attached hydrogens (tertiary/aromatic N) is 2. The van der Waals surface area contributed by atoms with Gasteiger partial charge in [-0.15, -0.1) is 0 Å². The van der Waals surface area contributed by atoms with Crippen LogP contribution in [0.1, 0.15) is 70.7 Å². The molecule has 3 nitrogen and oxygen atoms in total. The first-order chi connectivity index (χ1) is 11.9. The molecule has 0 saturated heterocycles. The number of rotatable bonds is 3. The highest BCUT2D eigenvalue weighted by atomic mass is 16.1. The van der Waals surface area contributed by atoms with E-state index in [1.54, 1.807) is 4.68 Å². The lowest BCUT2D eigenvalue weighted by molar-refractivity contribution is 0.335. The van der Waals surface area contributed by atoms with Gasteiger partial charge in [-0.3, -0.25) is 4.79 Å². The Kier molecular flexibility index (Phi) is 5.60. The van der Waals surface area contributed by atoms with Crippen LogP contribution in [0.15, 0.2) is 40.8 Å². The van der Waals surface area contributed by atoms with E-state index in [0.29, 0.717) is 0 Å². The number of hydrogen-bond donors (Lipinski definition) is 0. The fourth-order valence-corrected chi connectivity index (χ4v) is 2.94. The highest BCUT2D eigenvalue weighted by Crippen LogP contribution is 2.23. The quantitative estimate of drug-likeness (QED) is 0.756. The molecule has 1 heterocycles. The first-order valence-electron chi connectivity index (χ1n) is 9.25. The van der Waals surface area contributed by atoms with Gasteiger partial charge in [-0.1, -0.05) is 56.7 Å². The zero-order valence-corrected chi connectivity index (χ0v) is 17.5. The predicted molar refractivity (Wildman–Crippen MR) is 111 cm³/mol. The van der Waals surface area contributed by atoms with E-state index >= 15 is 0 Å². The van der Waals surface area contributed by atoms with Crippen molar-refractivity contribution in [2.45, 2.75) is 72.8 Å². The van der Waals surface area contributed by atoms with E-state index in [1.807, 2.05) is 33.9 Å². The highest BCUT2D eigenvalue weighted by Gasteiger charge is 2.18. The highest BCUT2D eigenvalue weighted by molar-refractivity contribution is 5.54. The van der Waals surface area contributed by atoms with E-state index in [4.69, 9.17) is 0 Å². The second kappa shape index (κ2) is 7.22. The van der Waals surface area contributed by atoms with Crippen LogP contribution in [0.3, 0.4) is 0 Å². The Labute approximate surface area is 157 Å². The molecule has 2 aromatic rings. The van der Waals surface area contributed by atoms with E-state index < -0.39 is 0 Å². The smallest absolute Gasteiger partial charge is 0.267 e. The normalized spacial score (nSPS) is 13.2. The van der Waals surface area contributed by atoms with Gasteiger partial charge in [-0.2, -0.15) is 5.10 Å². The molecule has 1 aromatic heterocycles. The topological polar surface area (TPSA) is 34.9 Å². The van der Waals surface area contributed by atoms with Gasteiger partial charge < -0.3 is 0 Å². The average molecular weight is 353 g/mol. The molecule has 0 amide bonds. The Morgan fingerprint density at radius 2 is 1.65 bits per heavy atom. The van der Waals surface area contributed by atoms with Crippen molar-refractivity contribution >= 4 is 6.08 Å². The fraction of sp³-hybridized carbons (Fsp3) is 0.478. The number of hydrogen-bond acceptors (Lipinski definition) is 2. The van der Waals surface area contributed by atoms with Crippen LogP contribution in [0.2, 0.25) is 0 Å². The molecule has 0 saturated carbocycles. The van der Waals surface area contributed by atoms with Crippen LogP contribution in [0.5, 0.6) is 0 Å². The lowest BCUT2D eigenvalue weighted by Gasteiger charge is -2.21. The van der Waals surface area contributed by atoms with Gasteiger partial charge in [-0.05, 0) is 63.1 Å². The molecule has 3 heteroatoms. The molecule has 140 valence electrons. The van der Waals surface area contributed by atoms with Gasteiger partial charge in [0.05, 0.1) is 11.7 Å². The first kappa shape index (κ1) is 20.2. The van der Waals surface area contributed by atoms with E-state index in [-0.39, 0.29) is 16.5 Å². The molecule has 0 bridgehead atoms. The Hall–Kier alpha value is -2.16. The summed E-state index contributed by atoms with van der Waals surface area (Å²) in [6.07, 6.45) is 4.75. The van der Waals surface area contributed by atoms with Crippen molar-refractivity contribution in [1.29, 1.82) is 0 Å². The maximum absolute atomic E-state index is 12.6. The summed E-state index contributed by atoms with van der Waals surface area (Å²) >= 11 is 0. The average Bonchev–Trinajstić information content (AvgIpc) is 2.50. The molecule has 0 atom stereocenters. The zero-order valence-electron chi connectivity index (χ0n) is 17.5. The van der Waals surface area contributed by atoms with Gasteiger partial charge in [0.15, 0.2) is 0 Å². The summed E-state index contributed by atoms with van der Waals surface area (Å²) in [4.78, 5) is 12.6. The van der Waals surface area contributed by atoms with Crippen LogP contribution < -0.4 is 5.56 Å². The molecule has 0 N–H and O–H groups in total. The monoisotopic (exact) mass is 352 g/mol. The fourth-order valence-electron chi connectivity index (χ4n) is 2.94. The van der Waals surface area contributed by atoms with Gasteiger partial charge in [0.1, 0.15) is 0 Å². The van der Waals surface area contributed by atoms with E-state index in [9.17, 15) is 4.79 Å². The zero-order chi connectivity index (χ0) is 19.7. The third kappa shape index (κ3) is 4.72. The van der Waals surface area contributed by atoms with Crippen molar-refractivity contribution in [2.24, 2.45) is 0 Å². The predicted octanol–water partition coefficient (Wildman–Crippen LogP) is 5.25.